The van der Waals surface area contributed by atoms with Crippen molar-refractivity contribution in [2.75, 3.05) is 0 Å². The van der Waals surface area contributed by atoms with Gasteiger partial charge in [-0.15, -0.1) is 0 Å². The van der Waals surface area contributed by atoms with Crippen LogP contribution >= 0.6 is 0 Å². The van der Waals surface area contributed by atoms with Crippen LogP contribution in [0, 0.1) is 12.8 Å². The molecule has 0 nitrogen and oxygen atoms in total. The van der Waals surface area contributed by atoms with E-state index in [4.69, 9.17) is 0 Å². The number of aryl methyl sites for hydroxylation is 1. The minimum atomic E-state index is 0.376. The highest BCUT2D eigenvalue weighted by atomic mass is 14.4. The first-order valence-corrected chi connectivity index (χ1v) is 5.12. The number of fused-ring (bicyclic) bond motifs is 1. The van der Waals surface area contributed by atoms with Gasteiger partial charge in [-0.1, -0.05) is 44.5 Å². The maximum atomic E-state index is 2.36. The van der Waals surface area contributed by atoms with E-state index >= 15 is 0 Å². The fraction of sp³-hybridized carbons (Fsp3) is 0.538. The smallest absolute Gasteiger partial charge is 0.00720 e. The molecule has 2 rings (SSSR count). The summed E-state index contributed by atoms with van der Waals surface area (Å²) in [7, 11) is 0. The van der Waals surface area contributed by atoms with Crippen molar-refractivity contribution in [2.24, 2.45) is 5.92 Å². The first-order valence-electron chi connectivity index (χ1n) is 5.12. The van der Waals surface area contributed by atoms with Crippen molar-refractivity contribution in [3.63, 3.8) is 0 Å². The second-order valence-electron chi connectivity index (χ2n) is 4.99. The van der Waals surface area contributed by atoms with Crippen LogP contribution in [0.25, 0.3) is 0 Å². The van der Waals surface area contributed by atoms with E-state index in [2.05, 4.69) is 45.9 Å². The summed E-state index contributed by atoms with van der Waals surface area (Å²) in [6.45, 7) is 9.26. The van der Waals surface area contributed by atoms with Crippen LogP contribution in [-0.4, -0.2) is 0 Å². The number of rotatable bonds is 0. The van der Waals surface area contributed by atoms with Crippen molar-refractivity contribution in [3.05, 3.63) is 34.9 Å². The number of hydrogen-bond acceptors (Lipinski definition) is 0. The first-order chi connectivity index (χ1) is 6.01. The Labute approximate surface area is 81.0 Å². The third kappa shape index (κ3) is 1.20. The van der Waals surface area contributed by atoms with Crippen molar-refractivity contribution in [3.8, 4) is 0 Å². The first kappa shape index (κ1) is 8.80. The van der Waals surface area contributed by atoms with E-state index in [0.717, 1.165) is 5.92 Å². The number of hydrogen-bond donors (Lipinski definition) is 0. The average Bonchev–Trinajstić information content (AvgIpc) is 2.27. The van der Waals surface area contributed by atoms with Gasteiger partial charge in [-0.2, -0.15) is 0 Å². The van der Waals surface area contributed by atoms with Gasteiger partial charge >= 0.3 is 0 Å². The maximum absolute atomic E-state index is 2.36. The highest BCUT2D eigenvalue weighted by Crippen LogP contribution is 2.42. The average molecular weight is 174 g/mol. The second kappa shape index (κ2) is 2.60. The molecule has 0 spiro atoms. The molecule has 0 saturated carbocycles. The molecular formula is C13H18. The standard InChI is InChI=1S/C13H18/c1-9-5-6-11-8-10(2)13(3,4)12(11)7-9/h5-7,10H,8H2,1-4H3. The summed E-state index contributed by atoms with van der Waals surface area (Å²) in [5.41, 5.74) is 4.89. The molecule has 0 fully saturated rings. The Hall–Kier alpha value is -0.780. The molecule has 0 amide bonds. The molecular weight excluding hydrogens is 156 g/mol. The van der Waals surface area contributed by atoms with Crippen LogP contribution in [-0.2, 0) is 11.8 Å². The summed E-state index contributed by atoms with van der Waals surface area (Å²) >= 11 is 0. The van der Waals surface area contributed by atoms with E-state index in [0.29, 0.717) is 5.41 Å². The molecule has 1 aliphatic rings. The van der Waals surface area contributed by atoms with E-state index in [1.165, 1.54) is 12.0 Å². The predicted octanol–water partition coefficient (Wildman–Crippen LogP) is 3.46. The van der Waals surface area contributed by atoms with Gasteiger partial charge in [0.15, 0.2) is 0 Å². The zero-order valence-electron chi connectivity index (χ0n) is 9.02. The van der Waals surface area contributed by atoms with Gasteiger partial charge in [0.2, 0.25) is 0 Å². The molecule has 13 heavy (non-hydrogen) atoms. The van der Waals surface area contributed by atoms with Crippen LogP contribution in [0.4, 0.5) is 0 Å². The molecule has 0 heterocycles. The van der Waals surface area contributed by atoms with Crippen molar-refractivity contribution < 1.29 is 0 Å². The number of benzene rings is 1. The Morgan fingerprint density at radius 1 is 1.31 bits per heavy atom. The lowest BCUT2D eigenvalue weighted by molar-refractivity contribution is 0.379. The zero-order chi connectivity index (χ0) is 9.64. The summed E-state index contributed by atoms with van der Waals surface area (Å²) in [6, 6.07) is 6.89. The van der Waals surface area contributed by atoms with Gasteiger partial charge in [-0.3, -0.25) is 0 Å². The fourth-order valence-electron chi connectivity index (χ4n) is 2.32. The minimum Gasteiger partial charge on any atom is -0.0614 e. The lowest BCUT2D eigenvalue weighted by Gasteiger charge is -2.25. The van der Waals surface area contributed by atoms with Gasteiger partial charge < -0.3 is 0 Å². The molecule has 1 unspecified atom stereocenters. The minimum absolute atomic E-state index is 0.376. The van der Waals surface area contributed by atoms with Crippen molar-refractivity contribution in [1.29, 1.82) is 0 Å². The van der Waals surface area contributed by atoms with Gasteiger partial charge in [0.05, 0.1) is 0 Å². The maximum Gasteiger partial charge on any atom is -0.00720 e. The lowest BCUT2D eigenvalue weighted by atomic mass is 9.79. The van der Waals surface area contributed by atoms with Gasteiger partial charge in [0.25, 0.3) is 0 Å². The zero-order valence-corrected chi connectivity index (χ0v) is 9.02. The van der Waals surface area contributed by atoms with Crippen LogP contribution in [0.1, 0.15) is 37.5 Å². The Balaban J connectivity index is 2.57. The molecule has 1 atom stereocenters. The molecule has 0 N–H and O–H groups in total. The Morgan fingerprint density at radius 3 is 2.69 bits per heavy atom. The summed E-state index contributed by atoms with van der Waals surface area (Å²) in [5.74, 6) is 0.782. The van der Waals surface area contributed by atoms with Crippen LogP contribution < -0.4 is 0 Å². The van der Waals surface area contributed by atoms with Gasteiger partial charge in [0.1, 0.15) is 0 Å². The highest BCUT2D eigenvalue weighted by molar-refractivity contribution is 5.41. The summed E-state index contributed by atoms with van der Waals surface area (Å²) in [5, 5.41) is 0. The normalized spacial score (nSPS) is 24.5. The van der Waals surface area contributed by atoms with Crippen molar-refractivity contribution >= 4 is 0 Å². The largest absolute Gasteiger partial charge is 0.0614 e. The Morgan fingerprint density at radius 2 is 2.00 bits per heavy atom. The Bertz CT molecular complexity index is 334. The van der Waals surface area contributed by atoms with E-state index in [-0.39, 0.29) is 0 Å². The molecule has 1 aromatic carbocycles. The van der Waals surface area contributed by atoms with E-state index < -0.39 is 0 Å². The second-order valence-corrected chi connectivity index (χ2v) is 4.99. The van der Waals surface area contributed by atoms with Crippen LogP contribution in [0.5, 0.6) is 0 Å². The monoisotopic (exact) mass is 174 g/mol. The quantitative estimate of drug-likeness (QED) is 0.565. The molecule has 0 aliphatic heterocycles. The lowest BCUT2D eigenvalue weighted by Crippen LogP contribution is -2.21. The summed E-state index contributed by atoms with van der Waals surface area (Å²) in [6.07, 6.45) is 1.25. The third-order valence-electron chi connectivity index (χ3n) is 3.72. The fourth-order valence-corrected chi connectivity index (χ4v) is 2.32. The molecule has 0 bridgehead atoms. The van der Waals surface area contributed by atoms with E-state index in [1.807, 2.05) is 0 Å². The molecule has 0 radical (unpaired) electrons. The van der Waals surface area contributed by atoms with Crippen LogP contribution in [0.3, 0.4) is 0 Å². The van der Waals surface area contributed by atoms with Crippen LogP contribution in [0.15, 0.2) is 18.2 Å². The van der Waals surface area contributed by atoms with E-state index in [1.54, 1.807) is 11.1 Å². The Kier molecular flexibility index (Phi) is 1.76. The van der Waals surface area contributed by atoms with Gasteiger partial charge in [0, 0.05) is 0 Å². The van der Waals surface area contributed by atoms with Gasteiger partial charge in [-0.05, 0) is 35.8 Å². The van der Waals surface area contributed by atoms with Crippen molar-refractivity contribution in [2.45, 2.75) is 39.5 Å². The highest BCUT2D eigenvalue weighted by Gasteiger charge is 2.35. The third-order valence-corrected chi connectivity index (χ3v) is 3.72. The van der Waals surface area contributed by atoms with E-state index in [9.17, 15) is 0 Å². The molecule has 1 aromatic rings. The molecule has 70 valence electrons. The SMILES string of the molecule is Cc1ccc2c(c1)C(C)(C)C(C)C2. The summed E-state index contributed by atoms with van der Waals surface area (Å²) < 4.78 is 0. The molecule has 0 aromatic heterocycles. The molecule has 1 aliphatic carbocycles. The molecule has 0 saturated heterocycles. The van der Waals surface area contributed by atoms with Crippen molar-refractivity contribution in [1.82, 2.24) is 0 Å². The summed E-state index contributed by atoms with van der Waals surface area (Å²) in [4.78, 5) is 0. The predicted molar refractivity (Wildman–Crippen MR) is 57.1 cm³/mol. The molecule has 0 heteroatoms. The van der Waals surface area contributed by atoms with Gasteiger partial charge in [-0.25, -0.2) is 0 Å². The van der Waals surface area contributed by atoms with Crippen LogP contribution in [0.2, 0.25) is 0 Å². The topological polar surface area (TPSA) is 0 Å².